The molecule has 1 heterocycles. The van der Waals surface area contributed by atoms with Gasteiger partial charge in [-0.05, 0) is 54.1 Å². The average Bonchev–Trinajstić information content (AvgIpc) is 2.93. The first-order chi connectivity index (χ1) is 18.8. The van der Waals surface area contributed by atoms with E-state index >= 15 is 0 Å². The first-order valence-electron chi connectivity index (χ1n) is 12.3. The van der Waals surface area contributed by atoms with Gasteiger partial charge in [-0.1, -0.05) is 48.2 Å². The molecule has 1 aliphatic heterocycles. The van der Waals surface area contributed by atoms with Crippen LogP contribution < -0.4 is 5.32 Å². The molecule has 1 amide bonds. The van der Waals surface area contributed by atoms with Gasteiger partial charge in [-0.15, -0.1) is 0 Å². The highest BCUT2D eigenvalue weighted by Gasteiger charge is 2.43. The molecule has 1 aliphatic rings. The van der Waals surface area contributed by atoms with Crippen LogP contribution in [-0.2, 0) is 10.3 Å². The number of rotatable bonds is 7. The smallest absolute Gasteiger partial charge is 0.411 e. The molecular formula is C29H27F3N4O2S. The molecule has 1 unspecified atom stereocenters. The fraction of sp³-hybridized carbons (Fsp3) is 0.276. The molecule has 39 heavy (non-hydrogen) atoms. The van der Waals surface area contributed by atoms with E-state index in [0.29, 0.717) is 35.7 Å². The minimum absolute atomic E-state index is 0.284. The average molecular weight is 553 g/mol. The normalized spacial score (nSPS) is 18.3. The third kappa shape index (κ3) is 6.37. The second-order valence-electron chi connectivity index (χ2n) is 9.11. The number of cyclic esters (lactones) is 1. The highest BCUT2D eigenvalue weighted by Crippen LogP contribution is 2.40. The maximum Gasteiger partial charge on any atom is 0.411 e. The molecule has 1 saturated heterocycles. The number of nitrogens with one attached hydrogen (secondary N) is 1. The van der Waals surface area contributed by atoms with Gasteiger partial charge in [0.05, 0.1) is 6.04 Å². The molecular weight excluding hydrogens is 525 g/mol. The second-order valence-corrected chi connectivity index (χ2v) is 9.91. The molecule has 4 rings (SSSR count). The molecule has 0 bridgehead atoms. The third-order valence-electron chi connectivity index (χ3n) is 6.87. The number of benzene rings is 3. The van der Waals surface area contributed by atoms with Crippen molar-refractivity contribution in [3.8, 4) is 17.3 Å². The highest BCUT2D eigenvalue weighted by molar-refractivity contribution is 8.13. The topological polar surface area (TPSA) is 77.7 Å². The van der Waals surface area contributed by atoms with Crippen LogP contribution in [-0.4, -0.2) is 35.5 Å². The Labute approximate surface area is 229 Å². The summed E-state index contributed by atoms with van der Waals surface area (Å²) in [6.45, 7) is 2.54. The van der Waals surface area contributed by atoms with Crippen molar-refractivity contribution >= 4 is 23.0 Å². The van der Waals surface area contributed by atoms with Gasteiger partial charge < -0.3 is 9.64 Å². The zero-order valence-corrected chi connectivity index (χ0v) is 22.3. The maximum atomic E-state index is 14.2. The lowest BCUT2D eigenvalue weighted by Gasteiger charge is -2.43. The number of nitrogens with zero attached hydrogens (tertiary/aromatic N) is 3. The Kier molecular flexibility index (Phi) is 8.82. The lowest BCUT2D eigenvalue weighted by molar-refractivity contribution is -0.0640. The van der Waals surface area contributed by atoms with Crippen LogP contribution in [0, 0.1) is 28.9 Å². The van der Waals surface area contributed by atoms with Gasteiger partial charge in [0.2, 0.25) is 0 Å². The van der Waals surface area contributed by atoms with Gasteiger partial charge in [0.1, 0.15) is 23.1 Å². The van der Waals surface area contributed by atoms with Gasteiger partial charge in [-0.3, -0.25) is 10.3 Å². The van der Waals surface area contributed by atoms with E-state index in [4.69, 9.17) is 10.00 Å². The van der Waals surface area contributed by atoms with Crippen LogP contribution in [0.25, 0.3) is 11.1 Å². The van der Waals surface area contributed by atoms with Crippen LogP contribution in [0.5, 0.6) is 0 Å². The van der Waals surface area contributed by atoms with Gasteiger partial charge in [-0.2, -0.15) is 5.26 Å². The van der Waals surface area contributed by atoms with Crippen molar-refractivity contribution in [1.82, 2.24) is 10.2 Å². The number of hydrogen-bond donors (Lipinski definition) is 1. The molecule has 10 heteroatoms. The molecule has 0 aliphatic carbocycles. The number of nitriles is 1. The number of halogens is 3. The minimum atomic E-state index is -1.01. The number of thioether (sulfide) groups is 1. The molecule has 0 aromatic heterocycles. The van der Waals surface area contributed by atoms with Gasteiger partial charge >= 0.3 is 6.09 Å². The van der Waals surface area contributed by atoms with E-state index in [9.17, 15) is 18.0 Å². The van der Waals surface area contributed by atoms with Gasteiger partial charge in [0, 0.05) is 37.6 Å². The monoisotopic (exact) mass is 552 g/mol. The SMILES string of the molecule is CSC(=NCCC1(c2ccc(F)cc2)CCN([C@@H](C)c2ccc(-c3ccc(F)cc3F)cc2)C(=O)O1)NC#N. The summed E-state index contributed by atoms with van der Waals surface area (Å²) in [6, 6.07) is 16.1. The quantitative estimate of drug-likeness (QED) is 0.152. The molecule has 1 fully saturated rings. The van der Waals surface area contributed by atoms with E-state index < -0.39 is 29.1 Å². The van der Waals surface area contributed by atoms with Crippen molar-refractivity contribution < 1.29 is 22.7 Å². The summed E-state index contributed by atoms with van der Waals surface area (Å²) in [5.74, 6) is -1.68. The number of aliphatic imine (C=N–C) groups is 1. The predicted octanol–water partition coefficient (Wildman–Crippen LogP) is 6.75. The van der Waals surface area contributed by atoms with Crippen LogP contribution >= 0.6 is 11.8 Å². The van der Waals surface area contributed by atoms with Gasteiger partial charge in [-0.25, -0.2) is 18.0 Å². The number of amides is 1. The van der Waals surface area contributed by atoms with E-state index in [-0.39, 0.29) is 18.2 Å². The van der Waals surface area contributed by atoms with Crippen LogP contribution in [0.2, 0.25) is 0 Å². The number of carbonyl (C=O) groups is 1. The van der Waals surface area contributed by atoms with Crippen molar-refractivity contribution in [2.75, 3.05) is 19.3 Å². The van der Waals surface area contributed by atoms with E-state index in [1.54, 1.807) is 47.6 Å². The van der Waals surface area contributed by atoms with E-state index in [1.165, 1.54) is 36.0 Å². The molecule has 3 aromatic rings. The summed E-state index contributed by atoms with van der Waals surface area (Å²) in [7, 11) is 0. The zero-order chi connectivity index (χ0) is 28.0. The Morgan fingerprint density at radius 3 is 2.44 bits per heavy atom. The first kappa shape index (κ1) is 28.0. The lowest BCUT2D eigenvalue weighted by atomic mass is 9.85. The van der Waals surface area contributed by atoms with Gasteiger partial charge in [0.15, 0.2) is 11.4 Å². The van der Waals surface area contributed by atoms with Crippen LogP contribution in [0.1, 0.15) is 36.9 Å². The number of ether oxygens (including phenoxy) is 1. The molecule has 2 atom stereocenters. The zero-order valence-electron chi connectivity index (χ0n) is 21.5. The van der Waals surface area contributed by atoms with Crippen molar-refractivity contribution in [2.24, 2.45) is 4.99 Å². The first-order valence-corrected chi connectivity index (χ1v) is 13.5. The summed E-state index contributed by atoms with van der Waals surface area (Å²) in [5, 5.41) is 11.8. The summed E-state index contributed by atoms with van der Waals surface area (Å²) in [6.07, 6.45) is 3.92. The number of carbonyl (C=O) groups excluding carboxylic acids is 1. The van der Waals surface area contributed by atoms with Crippen LogP contribution in [0.15, 0.2) is 71.7 Å². The van der Waals surface area contributed by atoms with Crippen molar-refractivity contribution in [1.29, 1.82) is 5.26 Å². The van der Waals surface area contributed by atoms with E-state index in [0.717, 1.165) is 11.6 Å². The fourth-order valence-corrected chi connectivity index (χ4v) is 5.05. The Bertz CT molecular complexity index is 1390. The van der Waals surface area contributed by atoms with Crippen LogP contribution in [0.3, 0.4) is 0 Å². The van der Waals surface area contributed by atoms with E-state index in [1.807, 2.05) is 13.1 Å². The Hall–Kier alpha value is -3.97. The summed E-state index contributed by atoms with van der Waals surface area (Å²) < 4.78 is 47.2. The largest absolute Gasteiger partial charge is 0.438 e. The fourth-order valence-electron chi connectivity index (χ4n) is 4.68. The molecule has 202 valence electrons. The summed E-state index contributed by atoms with van der Waals surface area (Å²) in [5.41, 5.74) is 1.36. The predicted molar refractivity (Wildman–Crippen MR) is 145 cm³/mol. The second kappa shape index (κ2) is 12.3. The Morgan fingerprint density at radius 1 is 1.13 bits per heavy atom. The van der Waals surface area contributed by atoms with Crippen molar-refractivity contribution in [3.63, 3.8) is 0 Å². The number of hydrogen-bond acceptors (Lipinski definition) is 5. The third-order valence-corrected chi connectivity index (χ3v) is 7.49. The molecule has 0 radical (unpaired) electrons. The Balaban J connectivity index is 1.52. The lowest BCUT2D eigenvalue weighted by Crippen LogP contribution is -2.49. The van der Waals surface area contributed by atoms with Gasteiger partial charge in [0.25, 0.3) is 0 Å². The molecule has 1 N–H and O–H groups in total. The molecule has 0 saturated carbocycles. The summed E-state index contributed by atoms with van der Waals surface area (Å²) in [4.78, 5) is 19.4. The molecule has 3 aromatic carbocycles. The Morgan fingerprint density at radius 2 is 1.82 bits per heavy atom. The minimum Gasteiger partial charge on any atom is -0.438 e. The standard InChI is InChI=1S/C29H27F3N4O2S/c1-19(20-3-5-21(6-4-20)25-12-11-24(31)17-26(25)32)36-16-14-29(38-28(36)37,22-7-9-23(30)10-8-22)13-15-34-27(39-2)35-18-33/h3-12,17,19H,13-16H2,1-2H3,(H,34,35)/t19-,29?/m0/s1. The highest BCUT2D eigenvalue weighted by atomic mass is 32.2. The molecule has 6 nitrogen and oxygen atoms in total. The van der Waals surface area contributed by atoms with E-state index in [2.05, 4.69) is 10.3 Å². The van der Waals surface area contributed by atoms with Crippen molar-refractivity contribution in [3.05, 3.63) is 95.3 Å². The number of amidine groups is 1. The van der Waals surface area contributed by atoms with Crippen molar-refractivity contribution in [2.45, 2.75) is 31.4 Å². The summed E-state index contributed by atoms with van der Waals surface area (Å²) >= 11 is 1.29. The maximum absolute atomic E-state index is 14.2. The molecule has 0 spiro atoms. The van der Waals surface area contributed by atoms with Crippen LogP contribution in [0.4, 0.5) is 18.0 Å².